The SMILES string of the molecule is CC(C)C12CC3CC(CC(C3)C1)C2.CC(C)C1CC2C=CCCC(CCC2)C1.CC(C)C1CC2CCCCC(CCC2)C1.CC(C)C1CCCC2CCCCC21. The average Bonchev–Trinajstić information content (AvgIpc) is 3.44. The van der Waals surface area contributed by atoms with Crippen LogP contribution in [0.15, 0.2) is 12.2 Å². The highest BCUT2D eigenvalue weighted by Crippen LogP contribution is 2.62. The minimum absolute atomic E-state index is 0.800. The molecule has 12 aliphatic rings. The largest absolute Gasteiger partial charge is 0.0882 e. The Morgan fingerprint density at radius 2 is 0.875 bits per heavy atom. The third-order valence-corrected chi connectivity index (χ3v) is 19.2. The van der Waals surface area contributed by atoms with Crippen molar-refractivity contribution in [2.24, 2.45) is 100 Å². The van der Waals surface area contributed by atoms with Gasteiger partial charge < -0.3 is 0 Å². The predicted octanol–water partition coefficient (Wildman–Crippen LogP) is 17.9. The summed E-state index contributed by atoms with van der Waals surface area (Å²) in [4.78, 5) is 0. The highest BCUT2D eigenvalue weighted by molar-refractivity contribution is 5.02. The molecular formula is C56H100. The molecule has 0 N–H and O–H groups in total. The van der Waals surface area contributed by atoms with Crippen molar-refractivity contribution in [3.63, 3.8) is 0 Å². The van der Waals surface area contributed by atoms with E-state index in [4.69, 9.17) is 0 Å². The normalized spacial score (nSPS) is 41.9. The van der Waals surface area contributed by atoms with Crippen molar-refractivity contribution < 1.29 is 0 Å². The molecule has 56 heavy (non-hydrogen) atoms. The molecule has 0 saturated heterocycles. The van der Waals surface area contributed by atoms with E-state index in [0.717, 1.165) is 100 Å². The molecule has 324 valence electrons. The minimum Gasteiger partial charge on any atom is -0.0882 e. The van der Waals surface area contributed by atoms with Gasteiger partial charge in [-0.1, -0.05) is 157 Å². The predicted molar refractivity (Wildman–Crippen MR) is 247 cm³/mol. The fourth-order valence-electron chi connectivity index (χ4n) is 15.9. The summed E-state index contributed by atoms with van der Waals surface area (Å²) in [5, 5.41) is 0. The Morgan fingerprint density at radius 1 is 0.411 bits per heavy atom. The molecule has 8 unspecified atom stereocenters. The monoisotopic (exact) mass is 773 g/mol. The fourth-order valence-corrected chi connectivity index (χ4v) is 15.9. The van der Waals surface area contributed by atoms with E-state index >= 15 is 0 Å². The van der Waals surface area contributed by atoms with Gasteiger partial charge in [0.05, 0.1) is 0 Å². The number of fused-ring (bicyclic) bond motifs is 14. The first-order chi connectivity index (χ1) is 27.0. The van der Waals surface area contributed by atoms with Gasteiger partial charge in [0.1, 0.15) is 0 Å². The van der Waals surface area contributed by atoms with E-state index in [-0.39, 0.29) is 0 Å². The molecule has 8 bridgehead atoms. The van der Waals surface area contributed by atoms with Crippen LogP contribution in [0.1, 0.15) is 242 Å². The minimum atomic E-state index is 0.800. The highest BCUT2D eigenvalue weighted by Gasteiger charge is 2.52. The maximum absolute atomic E-state index is 2.53. The third kappa shape index (κ3) is 12.9. The Labute approximate surface area is 352 Å². The van der Waals surface area contributed by atoms with Crippen LogP contribution < -0.4 is 0 Å². The molecule has 0 aromatic heterocycles. The van der Waals surface area contributed by atoms with E-state index < -0.39 is 0 Å². The summed E-state index contributed by atoms with van der Waals surface area (Å²) >= 11 is 0. The van der Waals surface area contributed by atoms with E-state index in [1.54, 1.807) is 83.5 Å². The molecule has 0 spiro atoms. The summed E-state index contributed by atoms with van der Waals surface area (Å²) in [5.74, 6) is 16.5. The summed E-state index contributed by atoms with van der Waals surface area (Å²) in [6.45, 7) is 19.5. The second kappa shape index (κ2) is 22.0. The average molecular weight is 773 g/mol. The lowest BCUT2D eigenvalue weighted by Gasteiger charge is -2.58. The molecule has 0 aromatic rings. The van der Waals surface area contributed by atoms with Gasteiger partial charge in [-0.15, -0.1) is 0 Å². The van der Waals surface area contributed by atoms with E-state index in [2.05, 4.69) is 67.5 Å². The van der Waals surface area contributed by atoms with E-state index in [9.17, 15) is 0 Å². The number of hydrogen-bond donors (Lipinski definition) is 0. The highest BCUT2D eigenvalue weighted by atomic mass is 14.6. The van der Waals surface area contributed by atoms with Gasteiger partial charge in [0.2, 0.25) is 0 Å². The van der Waals surface area contributed by atoms with Gasteiger partial charge in [0, 0.05) is 0 Å². The molecule has 0 amide bonds. The van der Waals surface area contributed by atoms with Gasteiger partial charge in [0.25, 0.3) is 0 Å². The van der Waals surface area contributed by atoms with E-state index in [0.29, 0.717) is 0 Å². The number of rotatable bonds is 4. The summed E-state index contributed by atoms with van der Waals surface area (Å²) in [6, 6.07) is 0. The first kappa shape index (κ1) is 45.3. The topological polar surface area (TPSA) is 0 Å². The van der Waals surface area contributed by atoms with Crippen molar-refractivity contribution in [3.8, 4) is 0 Å². The van der Waals surface area contributed by atoms with Gasteiger partial charge in [-0.05, 0) is 196 Å². The van der Waals surface area contributed by atoms with Gasteiger partial charge in [-0.3, -0.25) is 0 Å². The van der Waals surface area contributed by atoms with Crippen LogP contribution in [0.25, 0.3) is 0 Å². The standard InChI is InChI=1S/C15H28.C15H26.C13H22.C13H24/c2*1-12(2)15-10-13-6-3-4-7-14(11-15)9-5-8-13;1-9(2)13-6-10-3-11(7-13)5-12(4-10)8-13;1-10(2)12-9-5-7-11-6-3-4-8-13(11)12/h12-15H,3-11H2,1-2H3;3,6,12-15H,4-5,7-11H2,1-2H3;9-12H,3-8H2,1-2H3;10-13H,3-9H2,1-2H3. The summed E-state index contributed by atoms with van der Waals surface area (Å²) < 4.78 is 0. The zero-order chi connectivity index (χ0) is 39.7. The summed E-state index contributed by atoms with van der Waals surface area (Å²) in [7, 11) is 0. The quantitative estimate of drug-likeness (QED) is 0.250. The van der Waals surface area contributed by atoms with Crippen molar-refractivity contribution in [3.05, 3.63) is 12.2 Å². The van der Waals surface area contributed by atoms with Crippen LogP contribution in [0.2, 0.25) is 0 Å². The molecule has 0 radical (unpaired) electrons. The Kier molecular flexibility index (Phi) is 17.8. The lowest BCUT2D eigenvalue weighted by Crippen LogP contribution is -2.48. The number of hydrogen-bond acceptors (Lipinski definition) is 0. The molecular weight excluding hydrogens is 673 g/mol. The first-order valence-corrected chi connectivity index (χ1v) is 26.6. The molecule has 10 fully saturated rings. The van der Waals surface area contributed by atoms with Crippen molar-refractivity contribution in [2.45, 2.75) is 242 Å². The molecule has 0 nitrogen and oxygen atoms in total. The zero-order valence-corrected chi connectivity index (χ0v) is 39.4. The Bertz CT molecular complexity index is 1060. The molecule has 8 atom stereocenters. The lowest BCUT2D eigenvalue weighted by molar-refractivity contribution is -0.0789. The first-order valence-electron chi connectivity index (χ1n) is 26.6. The van der Waals surface area contributed by atoms with E-state index in [1.165, 1.54) is 103 Å². The van der Waals surface area contributed by atoms with Crippen LogP contribution in [-0.4, -0.2) is 0 Å². The van der Waals surface area contributed by atoms with Gasteiger partial charge in [-0.2, -0.15) is 0 Å². The second-order valence-corrected chi connectivity index (χ2v) is 24.4. The third-order valence-electron chi connectivity index (χ3n) is 19.2. The summed E-state index contributed by atoms with van der Waals surface area (Å²) in [5.41, 5.74) is 0.800. The Balaban J connectivity index is 0.000000127. The van der Waals surface area contributed by atoms with Crippen LogP contribution in [0.5, 0.6) is 0 Å². The maximum Gasteiger partial charge on any atom is -0.0231 e. The molecule has 10 saturated carbocycles. The number of allylic oxidation sites excluding steroid dienone is 2. The van der Waals surface area contributed by atoms with Gasteiger partial charge >= 0.3 is 0 Å². The molecule has 12 rings (SSSR count). The lowest BCUT2D eigenvalue weighted by atomic mass is 9.47. The van der Waals surface area contributed by atoms with Crippen molar-refractivity contribution in [2.75, 3.05) is 0 Å². The molecule has 0 aliphatic heterocycles. The van der Waals surface area contributed by atoms with Crippen molar-refractivity contribution in [1.29, 1.82) is 0 Å². The van der Waals surface area contributed by atoms with Crippen LogP contribution in [0.3, 0.4) is 0 Å². The van der Waals surface area contributed by atoms with Crippen LogP contribution in [-0.2, 0) is 0 Å². The van der Waals surface area contributed by atoms with E-state index in [1.807, 2.05) is 0 Å². The zero-order valence-electron chi connectivity index (χ0n) is 39.4. The molecule has 0 heterocycles. The van der Waals surface area contributed by atoms with Crippen LogP contribution in [0.4, 0.5) is 0 Å². The Morgan fingerprint density at radius 3 is 1.43 bits per heavy atom. The molecule has 0 heteroatoms. The van der Waals surface area contributed by atoms with Crippen molar-refractivity contribution in [1.82, 2.24) is 0 Å². The smallest absolute Gasteiger partial charge is 0.0231 e. The second-order valence-electron chi connectivity index (χ2n) is 24.4. The Hall–Kier alpha value is -0.260. The molecule has 0 aromatic carbocycles. The molecule has 12 aliphatic carbocycles. The van der Waals surface area contributed by atoms with Crippen LogP contribution in [0, 0.1) is 100 Å². The summed E-state index contributed by atoms with van der Waals surface area (Å²) in [6.07, 6.45) is 49.3. The van der Waals surface area contributed by atoms with Crippen LogP contribution >= 0.6 is 0 Å². The van der Waals surface area contributed by atoms with Gasteiger partial charge in [0.15, 0.2) is 0 Å². The van der Waals surface area contributed by atoms with Crippen molar-refractivity contribution >= 4 is 0 Å². The maximum atomic E-state index is 2.53. The van der Waals surface area contributed by atoms with Gasteiger partial charge in [-0.25, -0.2) is 0 Å². The fraction of sp³-hybridized carbons (Fsp3) is 0.964.